The van der Waals surface area contributed by atoms with Crippen LogP contribution in [0.4, 0.5) is 5.13 Å². The molecule has 0 aliphatic heterocycles. The lowest BCUT2D eigenvalue weighted by atomic mass is 10.8. The van der Waals surface area contributed by atoms with Crippen molar-refractivity contribution in [3.05, 3.63) is 0 Å². The first-order chi connectivity index (χ1) is 5.86. The van der Waals surface area contributed by atoms with E-state index in [1.807, 2.05) is 6.92 Å². The van der Waals surface area contributed by atoms with Crippen LogP contribution in [0.25, 0.3) is 0 Å². The van der Waals surface area contributed by atoms with E-state index < -0.39 is 0 Å². The zero-order valence-corrected chi connectivity index (χ0v) is 8.54. The van der Waals surface area contributed by atoms with Gasteiger partial charge in [0.2, 0.25) is 5.13 Å². The molecule has 4 nitrogen and oxygen atoms in total. The maximum absolute atomic E-state index is 5.36. The molecule has 0 spiro atoms. The summed E-state index contributed by atoms with van der Waals surface area (Å²) in [6.45, 7) is 3.60. The molecule has 0 fully saturated rings. The molecule has 12 heavy (non-hydrogen) atoms. The van der Waals surface area contributed by atoms with E-state index in [-0.39, 0.29) is 0 Å². The summed E-state index contributed by atoms with van der Waals surface area (Å²) in [5, 5.41) is 11.9. The standard InChI is InChI=1S/C6H12N4S2/c1-2-8-5-9-10-6(12-5)11-4-3-7/h2-4,7H2,1H3,(H,8,9). The van der Waals surface area contributed by atoms with E-state index in [2.05, 4.69) is 15.5 Å². The molecule has 0 amide bonds. The third kappa shape index (κ3) is 2.96. The van der Waals surface area contributed by atoms with Gasteiger partial charge in [-0.2, -0.15) is 0 Å². The average molecular weight is 204 g/mol. The number of thioether (sulfide) groups is 1. The van der Waals surface area contributed by atoms with Gasteiger partial charge in [-0.15, -0.1) is 10.2 Å². The van der Waals surface area contributed by atoms with Crippen molar-refractivity contribution in [3.63, 3.8) is 0 Å². The number of aromatic nitrogens is 2. The molecule has 0 atom stereocenters. The van der Waals surface area contributed by atoms with Crippen LogP contribution in [0, 0.1) is 0 Å². The number of hydrogen-bond donors (Lipinski definition) is 2. The van der Waals surface area contributed by atoms with Crippen molar-refractivity contribution in [3.8, 4) is 0 Å². The van der Waals surface area contributed by atoms with Crippen molar-refractivity contribution in [2.24, 2.45) is 5.73 Å². The van der Waals surface area contributed by atoms with Crippen LogP contribution in [-0.2, 0) is 0 Å². The molecule has 1 rings (SSSR count). The van der Waals surface area contributed by atoms with Crippen LogP contribution in [0.15, 0.2) is 4.34 Å². The second-order valence-electron chi connectivity index (χ2n) is 2.04. The van der Waals surface area contributed by atoms with Gasteiger partial charge in [-0.25, -0.2) is 0 Å². The molecule has 1 aromatic heterocycles. The van der Waals surface area contributed by atoms with E-state index in [0.717, 1.165) is 21.8 Å². The first-order valence-electron chi connectivity index (χ1n) is 3.77. The lowest BCUT2D eigenvalue weighted by Gasteiger charge is -1.92. The fourth-order valence-corrected chi connectivity index (χ4v) is 2.30. The monoisotopic (exact) mass is 204 g/mol. The molecule has 1 heterocycles. The molecule has 6 heteroatoms. The zero-order chi connectivity index (χ0) is 8.81. The fourth-order valence-electron chi connectivity index (χ4n) is 0.637. The first kappa shape index (κ1) is 9.76. The predicted octanol–water partition coefficient (Wildman–Crippen LogP) is 1.02. The number of anilines is 1. The minimum Gasteiger partial charge on any atom is -0.360 e. The lowest BCUT2D eigenvalue weighted by molar-refractivity contribution is 1.000. The van der Waals surface area contributed by atoms with Gasteiger partial charge in [0.1, 0.15) is 0 Å². The molecule has 3 N–H and O–H groups in total. The summed E-state index contributed by atoms with van der Waals surface area (Å²) >= 11 is 3.22. The van der Waals surface area contributed by atoms with Crippen LogP contribution in [-0.4, -0.2) is 29.0 Å². The van der Waals surface area contributed by atoms with Gasteiger partial charge in [-0.1, -0.05) is 23.1 Å². The molecule has 0 unspecified atom stereocenters. The Balaban J connectivity index is 2.41. The maximum Gasteiger partial charge on any atom is 0.206 e. The summed E-state index contributed by atoms with van der Waals surface area (Å²) in [5.41, 5.74) is 5.36. The highest BCUT2D eigenvalue weighted by Gasteiger charge is 2.01. The Kier molecular flexibility index (Phi) is 4.34. The van der Waals surface area contributed by atoms with Gasteiger partial charge in [0.05, 0.1) is 0 Å². The Hall–Kier alpha value is -0.330. The van der Waals surface area contributed by atoms with E-state index >= 15 is 0 Å². The number of nitrogens with two attached hydrogens (primary N) is 1. The summed E-state index contributed by atoms with van der Waals surface area (Å²) in [6.07, 6.45) is 0. The van der Waals surface area contributed by atoms with Crippen LogP contribution in [0.2, 0.25) is 0 Å². The van der Waals surface area contributed by atoms with Crippen LogP contribution in [0.1, 0.15) is 6.92 Å². The molecule has 1 aromatic rings. The average Bonchev–Trinajstić information content (AvgIpc) is 2.50. The van der Waals surface area contributed by atoms with Crippen molar-refractivity contribution in [2.45, 2.75) is 11.3 Å². The smallest absolute Gasteiger partial charge is 0.206 e. The van der Waals surface area contributed by atoms with Crippen LogP contribution >= 0.6 is 23.1 Å². The van der Waals surface area contributed by atoms with Crippen molar-refractivity contribution < 1.29 is 0 Å². The normalized spacial score (nSPS) is 10.2. The second kappa shape index (κ2) is 5.34. The number of hydrogen-bond acceptors (Lipinski definition) is 6. The Morgan fingerprint density at radius 2 is 2.42 bits per heavy atom. The molecule has 0 aromatic carbocycles. The van der Waals surface area contributed by atoms with Crippen molar-refractivity contribution in [2.75, 3.05) is 24.2 Å². The summed E-state index contributed by atoms with van der Waals surface area (Å²) in [6, 6.07) is 0. The molecule has 0 bridgehead atoms. The predicted molar refractivity (Wildman–Crippen MR) is 53.9 cm³/mol. The van der Waals surface area contributed by atoms with E-state index in [1.54, 1.807) is 23.1 Å². The Morgan fingerprint density at radius 3 is 3.08 bits per heavy atom. The summed E-state index contributed by atoms with van der Waals surface area (Å²) in [7, 11) is 0. The van der Waals surface area contributed by atoms with Gasteiger partial charge >= 0.3 is 0 Å². The Bertz CT molecular complexity index is 225. The van der Waals surface area contributed by atoms with Gasteiger partial charge in [-0.3, -0.25) is 0 Å². The number of nitrogens with zero attached hydrogens (tertiary/aromatic N) is 2. The zero-order valence-electron chi connectivity index (χ0n) is 6.91. The molecule has 0 saturated carbocycles. The highest BCUT2D eigenvalue weighted by atomic mass is 32.2. The van der Waals surface area contributed by atoms with Crippen LogP contribution in [0.5, 0.6) is 0 Å². The second-order valence-corrected chi connectivity index (χ2v) is 4.36. The van der Waals surface area contributed by atoms with E-state index in [4.69, 9.17) is 5.73 Å². The van der Waals surface area contributed by atoms with Crippen molar-refractivity contribution >= 4 is 28.2 Å². The first-order valence-corrected chi connectivity index (χ1v) is 5.57. The third-order valence-electron chi connectivity index (χ3n) is 1.08. The maximum atomic E-state index is 5.36. The lowest BCUT2D eigenvalue weighted by Crippen LogP contribution is -2.00. The Labute approximate surface area is 80.0 Å². The number of rotatable bonds is 5. The third-order valence-corrected chi connectivity index (χ3v) is 3.13. The Morgan fingerprint density at radius 1 is 1.58 bits per heavy atom. The minimum absolute atomic E-state index is 0.681. The minimum atomic E-state index is 0.681. The van der Waals surface area contributed by atoms with Gasteiger partial charge in [0.15, 0.2) is 4.34 Å². The largest absolute Gasteiger partial charge is 0.360 e. The quantitative estimate of drug-likeness (QED) is 0.701. The summed E-state index contributed by atoms with van der Waals surface area (Å²) in [4.78, 5) is 0. The molecule has 0 aliphatic rings. The molecule has 0 aliphatic carbocycles. The van der Waals surface area contributed by atoms with Gasteiger partial charge < -0.3 is 11.1 Å². The highest BCUT2D eigenvalue weighted by molar-refractivity contribution is 8.01. The van der Waals surface area contributed by atoms with Gasteiger partial charge in [0, 0.05) is 18.8 Å². The van der Waals surface area contributed by atoms with Crippen molar-refractivity contribution in [1.29, 1.82) is 0 Å². The van der Waals surface area contributed by atoms with Gasteiger partial charge in [0.25, 0.3) is 0 Å². The summed E-state index contributed by atoms with van der Waals surface area (Å²) < 4.78 is 0.983. The molecular weight excluding hydrogens is 192 g/mol. The highest BCUT2D eigenvalue weighted by Crippen LogP contribution is 2.24. The topological polar surface area (TPSA) is 63.8 Å². The fraction of sp³-hybridized carbons (Fsp3) is 0.667. The van der Waals surface area contributed by atoms with Crippen LogP contribution in [0.3, 0.4) is 0 Å². The van der Waals surface area contributed by atoms with Crippen molar-refractivity contribution in [1.82, 2.24) is 10.2 Å². The molecular formula is C6H12N4S2. The van der Waals surface area contributed by atoms with E-state index in [0.29, 0.717) is 6.54 Å². The van der Waals surface area contributed by atoms with Crippen LogP contribution < -0.4 is 11.1 Å². The molecule has 0 radical (unpaired) electrons. The SMILES string of the molecule is CCNc1nnc(SCCN)s1. The summed E-state index contributed by atoms with van der Waals surface area (Å²) in [5.74, 6) is 0.904. The molecule has 68 valence electrons. The molecule has 0 saturated heterocycles. The number of nitrogens with one attached hydrogen (secondary N) is 1. The van der Waals surface area contributed by atoms with E-state index in [9.17, 15) is 0 Å². The van der Waals surface area contributed by atoms with E-state index in [1.165, 1.54) is 0 Å². The van der Waals surface area contributed by atoms with Gasteiger partial charge in [-0.05, 0) is 6.92 Å².